The van der Waals surface area contributed by atoms with E-state index in [9.17, 15) is 4.79 Å². The quantitative estimate of drug-likeness (QED) is 0.682. The summed E-state index contributed by atoms with van der Waals surface area (Å²) in [4.78, 5) is 19.6. The Morgan fingerprint density at radius 2 is 2.03 bits per heavy atom. The lowest BCUT2D eigenvalue weighted by Crippen LogP contribution is -2.71. The predicted molar refractivity (Wildman–Crippen MR) is 129 cm³/mol. The molecule has 0 bridgehead atoms. The fourth-order valence-corrected chi connectivity index (χ4v) is 5.83. The zero-order valence-electron chi connectivity index (χ0n) is 19.8. The van der Waals surface area contributed by atoms with Crippen molar-refractivity contribution in [3.05, 3.63) is 64.2 Å². The highest BCUT2D eigenvalue weighted by Crippen LogP contribution is 2.38. The normalized spacial score (nSPS) is 34.1. The Kier molecular flexibility index (Phi) is 6.64. The van der Waals surface area contributed by atoms with Gasteiger partial charge >= 0.3 is 0 Å². The summed E-state index contributed by atoms with van der Waals surface area (Å²) < 4.78 is 21.2. The lowest BCUT2D eigenvalue weighted by molar-refractivity contribution is -0.149. The lowest BCUT2D eigenvalue weighted by atomic mass is 9.82. The van der Waals surface area contributed by atoms with Crippen LogP contribution in [0.25, 0.3) is 0 Å². The molecule has 0 spiro atoms. The van der Waals surface area contributed by atoms with Gasteiger partial charge in [0.25, 0.3) is 0 Å². The zero-order chi connectivity index (χ0) is 24.0. The van der Waals surface area contributed by atoms with Crippen LogP contribution >= 0.6 is 11.6 Å². The van der Waals surface area contributed by atoms with E-state index in [2.05, 4.69) is 21.7 Å². The van der Waals surface area contributed by atoms with Gasteiger partial charge in [-0.2, -0.15) is 0 Å². The van der Waals surface area contributed by atoms with Crippen molar-refractivity contribution in [2.24, 2.45) is 11.8 Å². The molecule has 1 amide bonds. The van der Waals surface area contributed by atoms with Crippen LogP contribution in [0.4, 0.5) is 4.39 Å². The first kappa shape index (κ1) is 23.7. The Morgan fingerprint density at radius 1 is 1.21 bits per heavy atom. The third-order valence-corrected chi connectivity index (χ3v) is 8.01. The van der Waals surface area contributed by atoms with Gasteiger partial charge in [0.15, 0.2) is 0 Å². The highest BCUT2D eigenvalue weighted by molar-refractivity contribution is 6.30. The first-order valence-corrected chi connectivity index (χ1v) is 12.5. The summed E-state index contributed by atoms with van der Waals surface area (Å²) in [7, 11) is 0. The number of ether oxygens (including phenoxy) is 1. The molecule has 0 saturated carbocycles. The van der Waals surface area contributed by atoms with E-state index in [0.717, 1.165) is 24.1 Å². The van der Waals surface area contributed by atoms with Crippen molar-refractivity contribution < 1.29 is 13.9 Å². The summed E-state index contributed by atoms with van der Waals surface area (Å²) >= 11 is 6.04. The summed E-state index contributed by atoms with van der Waals surface area (Å²) in [6.45, 7) is 7.20. The molecule has 34 heavy (non-hydrogen) atoms. The number of piperazine rings is 1. The summed E-state index contributed by atoms with van der Waals surface area (Å²) in [6, 6.07) is 8.53. The molecule has 3 aliphatic rings. The molecular formula is C26H32ClFN4O2. The van der Waals surface area contributed by atoms with Crippen LogP contribution in [-0.2, 0) is 9.53 Å². The molecule has 3 saturated heterocycles. The van der Waals surface area contributed by atoms with E-state index in [4.69, 9.17) is 16.3 Å². The minimum Gasteiger partial charge on any atom is -0.374 e. The first-order valence-electron chi connectivity index (χ1n) is 12.1. The van der Waals surface area contributed by atoms with Gasteiger partial charge in [0.1, 0.15) is 12.0 Å². The first-order chi connectivity index (χ1) is 16.3. The highest BCUT2D eigenvalue weighted by atomic mass is 35.5. The Labute approximate surface area is 205 Å². The largest absolute Gasteiger partial charge is 0.374 e. The molecule has 3 aliphatic heterocycles. The third kappa shape index (κ3) is 4.47. The SMILES string of the molecule is Cc1cc(C2CC(C3CN4C(=O)C(C)C(C)NC4C(c4ccc(Cl)cc4F)N3)CCO2)ccn1. The minimum atomic E-state index is -0.376. The highest BCUT2D eigenvalue weighted by Gasteiger charge is 2.47. The van der Waals surface area contributed by atoms with Crippen molar-refractivity contribution in [3.8, 4) is 0 Å². The van der Waals surface area contributed by atoms with E-state index in [1.165, 1.54) is 6.07 Å². The number of fused-ring (bicyclic) bond motifs is 1. The molecule has 2 aromatic rings. The third-order valence-electron chi connectivity index (χ3n) is 7.78. The molecule has 0 radical (unpaired) electrons. The number of nitrogens with zero attached hydrogens (tertiary/aromatic N) is 2. The van der Waals surface area contributed by atoms with Gasteiger partial charge in [-0.25, -0.2) is 4.39 Å². The van der Waals surface area contributed by atoms with Gasteiger partial charge in [-0.05, 0) is 62.4 Å². The molecule has 182 valence electrons. The van der Waals surface area contributed by atoms with Gasteiger partial charge in [-0.15, -0.1) is 0 Å². The summed E-state index contributed by atoms with van der Waals surface area (Å²) in [5, 5.41) is 7.66. The van der Waals surface area contributed by atoms with E-state index in [1.807, 2.05) is 37.9 Å². The van der Waals surface area contributed by atoms with E-state index in [1.54, 1.807) is 12.1 Å². The molecule has 7 atom stereocenters. The molecule has 2 N–H and O–H groups in total. The Bertz CT molecular complexity index is 1070. The number of carbonyl (C=O) groups excluding carboxylic acids is 1. The smallest absolute Gasteiger partial charge is 0.228 e. The monoisotopic (exact) mass is 486 g/mol. The summed E-state index contributed by atoms with van der Waals surface area (Å²) in [5.74, 6) is -0.0832. The summed E-state index contributed by atoms with van der Waals surface area (Å²) in [6.07, 6.45) is 3.22. The Balaban J connectivity index is 1.44. The number of aryl methyl sites for hydroxylation is 1. The molecule has 8 heteroatoms. The van der Waals surface area contributed by atoms with Gasteiger partial charge in [0.2, 0.25) is 5.91 Å². The average Bonchev–Trinajstić information content (AvgIpc) is 2.82. The van der Waals surface area contributed by atoms with Gasteiger partial charge in [0, 0.05) is 47.7 Å². The van der Waals surface area contributed by atoms with Gasteiger partial charge in [0.05, 0.1) is 18.1 Å². The van der Waals surface area contributed by atoms with Gasteiger partial charge in [-0.3, -0.25) is 15.1 Å². The van der Waals surface area contributed by atoms with E-state index in [0.29, 0.717) is 23.7 Å². The number of pyridine rings is 1. The van der Waals surface area contributed by atoms with E-state index >= 15 is 4.39 Å². The Hall–Kier alpha value is -2.06. The molecule has 3 fully saturated rings. The van der Waals surface area contributed by atoms with Crippen LogP contribution in [0, 0.1) is 24.6 Å². The number of hydrogen-bond acceptors (Lipinski definition) is 5. The minimum absolute atomic E-state index is 0.00681. The second-order valence-corrected chi connectivity index (χ2v) is 10.4. The molecule has 1 aromatic carbocycles. The van der Waals surface area contributed by atoms with Crippen molar-refractivity contribution >= 4 is 17.5 Å². The second-order valence-electron chi connectivity index (χ2n) is 9.97. The number of halogens is 2. The number of aromatic nitrogens is 1. The topological polar surface area (TPSA) is 66.5 Å². The van der Waals surface area contributed by atoms with Crippen molar-refractivity contribution in [2.75, 3.05) is 13.2 Å². The van der Waals surface area contributed by atoms with Crippen molar-refractivity contribution in [1.29, 1.82) is 0 Å². The average molecular weight is 487 g/mol. The lowest BCUT2D eigenvalue weighted by Gasteiger charge is -2.53. The fraction of sp³-hybridized carbons (Fsp3) is 0.538. The van der Waals surface area contributed by atoms with Crippen LogP contribution in [0.5, 0.6) is 0 Å². The standard InChI is InChI=1S/C26H32ClFN4O2/c1-14-10-18(6-8-29-14)23-11-17(7-9-34-23)22-13-32-25(30-16(3)15(2)26(32)33)24(31-22)20-5-4-19(27)12-21(20)28/h4-6,8,10,12,15-17,22-25,30-31H,7,9,11,13H2,1-3H3. The van der Waals surface area contributed by atoms with Crippen LogP contribution in [-0.4, -0.2) is 47.2 Å². The number of rotatable bonds is 3. The van der Waals surface area contributed by atoms with Crippen LogP contribution in [0.15, 0.2) is 36.5 Å². The maximum absolute atomic E-state index is 15.1. The van der Waals surface area contributed by atoms with Gasteiger partial charge < -0.3 is 15.0 Å². The second kappa shape index (κ2) is 9.53. The maximum Gasteiger partial charge on any atom is 0.228 e. The van der Waals surface area contributed by atoms with Crippen molar-refractivity contribution in [1.82, 2.24) is 20.5 Å². The van der Waals surface area contributed by atoms with Crippen LogP contribution < -0.4 is 10.6 Å². The molecule has 4 heterocycles. The van der Waals surface area contributed by atoms with E-state index in [-0.39, 0.29) is 54.0 Å². The summed E-state index contributed by atoms with van der Waals surface area (Å²) in [5.41, 5.74) is 2.62. The van der Waals surface area contributed by atoms with Crippen LogP contribution in [0.3, 0.4) is 0 Å². The molecule has 1 aromatic heterocycles. The fourth-order valence-electron chi connectivity index (χ4n) is 5.67. The number of hydrogen-bond donors (Lipinski definition) is 2. The molecule has 7 unspecified atom stereocenters. The maximum atomic E-state index is 15.1. The number of carbonyl (C=O) groups is 1. The van der Waals surface area contributed by atoms with Gasteiger partial charge in [-0.1, -0.05) is 24.6 Å². The zero-order valence-corrected chi connectivity index (χ0v) is 20.6. The number of benzene rings is 1. The molecule has 5 rings (SSSR count). The Morgan fingerprint density at radius 3 is 2.79 bits per heavy atom. The van der Waals surface area contributed by atoms with Crippen LogP contribution in [0.1, 0.15) is 55.7 Å². The van der Waals surface area contributed by atoms with Crippen LogP contribution in [0.2, 0.25) is 5.02 Å². The number of amides is 1. The van der Waals surface area contributed by atoms with Crippen molar-refractivity contribution in [2.45, 2.75) is 64.0 Å². The molecule has 6 nitrogen and oxygen atoms in total. The number of nitrogens with one attached hydrogen (secondary N) is 2. The van der Waals surface area contributed by atoms with E-state index < -0.39 is 0 Å². The molecular weight excluding hydrogens is 455 g/mol. The predicted octanol–water partition coefficient (Wildman–Crippen LogP) is 4.15. The molecule has 0 aliphatic carbocycles. The van der Waals surface area contributed by atoms with Crippen molar-refractivity contribution in [3.63, 3.8) is 0 Å².